The van der Waals surface area contributed by atoms with E-state index in [1.807, 2.05) is 0 Å². The first-order chi connectivity index (χ1) is 12.6. The molecule has 1 heterocycles. The van der Waals surface area contributed by atoms with Crippen LogP contribution in [0.15, 0.2) is 12.1 Å². The van der Waals surface area contributed by atoms with Crippen molar-refractivity contribution in [3.05, 3.63) is 29.1 Å². The van der Waals surface area contributed by atoms with E-state index in [-0.39, 0.29) is 6.67 Å². The molecule has 1 aromatic rings. The molecule has 0 aliphatic heterocycles. The topological polar surface area (TPSA) is 79.5 Å². The molecule has 0 spiro atoms. The number of aromatic nitrogens is 1. The molecule has 0 saturated carbocycles. The number of alkyl halides is 1. The predicted molar refractivity (Wildman–Crippen MR) is 101 cm³/mol. The fourth-order valence-electron chi connectivity index (χ4n) is 3.47. The number of aliphatic carboxylic acids is 1. The molecule has 146 valence electrons. The number of nitrogens with zero attached hydrogens (tertiary/aromatic N) is 2. The number of halogens is 1. The molecule has 1 aliphatic rings. The van der Waals surface area contributed by atoms with Crippen LogP contribution in [0.25, 0.3) is 0 Å². The maximum absolute atomic E-state index is 12.5. The highest BCUT2D eigenvalue weighted by Crippen LogP contribution is 2.20. The highest BCUT2D eigenvalue weighted by molar-refractivity contribution is 5.72. The summed E-state index contributed by atoms with van der Waals surface area (Å²) in [5, 5.41) is 8.88. The number of fused-ring (bicyclic) bond motifs is 1. The van der Waals surface area contributed by atoms with Gasteiger partial charge in [0, 0.05) is 24.5 Å². The van der Waals surface area contributed by atoms with Crippen LogP contribution in [0.3, 0.4) is 0 Å². The van der Waals surface area contributed by atoms with Gasteiger partial charge in [-0.2, -0.15) is 0 Å². The molecule has 2 rings (SSSR count). The first-order valence-electron chi connectivity index (χ1n) is 9.84. The van der Waals surface area contributed by atoms with E-state index in [1.54, 1.807) is 0 Å². The summed E-state index contributed by atoms with van der Waals surface area (Å²) >= 11 is 0. The summed E-state index contributed by atoms with van der Waals surface area (Å²) in [6.45, 7) is 1.75. The van der Waals surface area contributed by atoms with E-state index in [1.165, 1.54) is 24.1 Å². The lowest BCUT2D eigenvalue weighted by Crippen LogP contribution is -2.36. The van der Waals surface area contributed by atoms with Crippen LogP contribution < -0.4 is 5.73 Å². The minimum Gasteiger partial charge on any atom is -0.480 e. The van der Waals surface area contributed by atoms with Gasteiger partial charge in [0.05, 0.1) is 6.67 Å². The van der Waals surface area contributed by atoms with E-state index in [9.17, 15) is 9.18 Å². The highest BCUT2D eigenvalue weighted by Gasteiger charge is 2.14. The Labute approximate surface area is 155 Å². The number of pyridine rings is 1. The molecule has 0 aromatic carbocycles. The molecule has 0 fully saturated rings. The first-order valence-corrected chi connectivity index (χ1v) is 9.84. The third-order valence-corrected chi connectivity index (χ3v) is 5.07. The third-order valence-electron chi connectivity index (χ3n) is 5.07. The molecule has 1 aromatic heterocycles. The monoisotopic (exact) mass is 365 g/mol. The molecule has 0 radical (unpaired) electrons. The van der Waals surface area contributed by atoms with Crippen LogP contribution in [0.5, 0.6) is 0 Å². The van der Waals surface area contributed by atoms with E-state index in [4.69, 9.17) is 15.8 Å². The summed E-state index contributed by atoms with van der Waals surface area (Å²) in [6.07, 6.45) is 8.63. The third kappa shape index (κ3) is 7.00. The predicted octanol–water partition coefficient (Wildman–Crippen LogP) is 2.75. The molecule has 1 atom stereocenters. The molecule has 5 nitrogen and oxygen atoms in total. The Morgan fingerprint density at radius 2 is 1.96 bits per heavy atom. The summed E-state index contributed by atoms with van der Waals surface area (Å²) in [7, 11) is 0. The Bertz CT molecular complexity index is 568. The zero-order chi connectivity index (χ0) is 18.8. The molecule has 0 unspecified atom stereocenters. The Morgan fingerprint density at radius 3 is 2.73 bits per heavy atom. The van der Waals surface area contributed by atoms with E-state index < -0.39 is 12.0 Å². The quantitative estimate of drug-likeness (QED) is 0.557. The van der Waals surface area contributed by atoms with Gasteiger partial charge in [0.15, 0.2) is 0 Å². The highest BCUT2D eigenvalue weighted by atomic mass is 19.1. The van der Waals surface area contributed by atoms with E-state index in [0.29, 0.717) is 25.9 Å². The van der Waals surface area contributed by atoms with Gasteiger partial charge in [0.25, 0.3) is 0 Å². The van der Waals surface area contributed by atoms with Crippen LogP contribution in [-0.4, -0.2) is 53.3 Å². The van der Waals surface area contributed by atoms with Crippen LogP contribution >= 0.6 is 0 Å². The maximum Gasteiger partial charge on any atom is 0.320 e. The van der Waals surface area contributed by atoms with Gasteiger partial charge in [-0.15, -0.1) is 0 Å². The maximum atomic E-state index is 12.5. The average Bonchev–Trinajstić information content (AvgIpc) is 2.66. The smallest absolute Gasteiger partial charge is 0.320 e. The van der Waals surface area contributed by atoms with Gasteiger partial charge in [0.1, 0.15) is 6.04 Å². The van der Waals surface area contributed by atoms with Gasteiger partial charge in [-0.1, -0.05) is 6.07 Å². The van der Waals surface area contributed by atoms with E-state index >= 15 is 0 Å². The van der Waals surface area contributed by atoms with Crippen molar-refractivity contribution in [3.8, 4) is 0 Å². The number of hydrogen-bond donors (Lipinski definition) is 2. The first kappa shape index (κ1) is 20.8. The summed E-state index contributed by atoms with van der Waals surface area (Å²) in [5.74, 6) is -0.978. The Hall–Kier alpha value is -1.53. The van der Waals surface area contributed by atoms with E-state index in [0.717, 1.165) is 44.3 Å². The van der Waals surface area contributed by atoms with Crippen molar-refractivity contribution in [1.82, 2.24) is 9.88 Å². The average molecular weight is 365 g/mol. The zero-order valence-corrected chi connectivity index (χ0v) is 15.6. The number of carboxylic acids is 1. The minimum absolute atomic E-state index is 0.347. The van der Waals surface area contributed by atoms with Crippen LogP contribution in [0.4, 0.5) is 4.39 Å². The van der Waals surface area contributed by atoms with Gasteiger partial charge in [0.2, 0.25) is 0 Å². The lowest BCUT2D eigenvalue weighted by Gasteiger charge is -2.22. The number of aryl methyl sites for hydroxylation is 3. The van der Waals surface area contributed by atoms with Crippen molar-refractivity contribution in [2.45, 2.75) is 63.8 Å². The van der Waals surface area contributed by atoms with Crippen LogP contribution in [0.1, 0.15) is 55.5 Å². The van der Waals surface area contributed by atoms with Gasteiger partial charge < -0.3 is 15.7 Å². The van der Waals surface area contributed by atoms with Crippen molar-refractivity contribution in [1.29, 1.82) is 0 Å². The van der Waals surface area contributed by atoms with Crippen molar-refractivity contribution < 1.29 is 14.3 Å². The molecular weight excluding hydrogens is 333 g/mol. The zero-order valence-electron chi connectivity index (χ0n) is 15.6. The molecule has 0 saturated heterocycles. The van der Waals surface area contributed by atoms with Crippen molar-refractivity contribution in [2.75, 3.05) is 26.3 Å². The second kappa shape index (κ2) is 11.2. The molecule has 26 heavy (non-hydrogen) atoms. The standard InChI is InChI=1S/C20H32FN3O2/c21-12-5-14-24(15-11-18(22)20(25)26)13-4-3-7-17-10-9-16-6-1-2-8-19(16)23-17/h9-10,18H,1-8,11-15,22H2,(H,25,26)/t18-/m0/s1. The number of carboxylic acid groups (broad SMARTS) is 1. The van der Waals surface area contributed by atoms with E-state index in [2.05, 4.69) is 17.0 Å². The molecule has 0 bridgehead atoms. The molecular formula is C20H32FN3O2. The largest absolute Gasteiger partial charge is 0.480 e. The van der Waals surface area contributed by atoms with Gasteiger partial charge >= 0.3 is 5.97 Å². The second-order valence-corrected chi connectivity index (χ2v) is 7.19. The number of hydrogen-bond acceptors (Lipinski definition) is 4. The molecule has 3 N–H and O–H groups in total. The minimum atomic E-state index is -0.978. The van der Waals surface area contributed by atoms with Crippen molar-refractivity contribution in [2.24, 2.45) is 5.73 Å². The summed E-state index contributed by atoms with van der Waals surface area (Å²) < 4.78 is 12.5. The Kier molecular flexibility index (Phi) is 8.98. The number of carbonyl (C=O) groups is 1. The lowest BCUT2D eigenvalue weighted by molar-refractivity contribution is -0.138. The summed E-state index contributed by atoms with van der Waals surface area (Å²) in [5.41, 5.74) is 9.42. The normalized spacial score (nSPS) is 15.0. The summed E-state index contributed by atoms with van der Waals surface area (Å²) in [6, 6.07) is 3.54. The molecule has 1 aliphatic carbocycles. The van der Waals surface area contributed by atoms with Crippen LogP contribution in [-0.2, 0) is 24.1 Å². The van der Waals surface area contributed by atoms with Crippen LogP contribution in [0.2, 0.25) is 0 Å². The fraction of sp³-hybridized carbons (Fsp3) is 0.700. The second-order valence-electron chi connectivity index (χ2n) is 7.19. The molecule has 6 heteroatoms. The van der Waals surface area contributed by atoms with Gasteiger partial charge in [-0.3, -0.25) is 14.2 Å². The SMILES string of the molecule is N[C@@H](CCN(CCCF)CCCCc1ccc2c(n1)CCCC2)C(=O)O. The number of nitrogens with two attached hydrogens (primary N) is 1. The Morgan fingerprint density at radius 1 is 1.19 bits per heavy atom. The fourth-order valence-corrected chi connectivity index (χ4v) is 3.47. The molecule has 0 amide bonds. The van der Waals surface area contributed by atoms with Crippen molar-refractivity contribution >= 4 is 5.97 Å². The number of rotatable bonds is 12. The van der Waals surface area contributed by atoms with Gasteiger partial charge in [-0.25, -0.2) is 0 Å². The lowest BCUT2D eigenvalue weighted by atomic mass is 9.95. The van der Waals surface area contributed by atoms with Crippen molar-refractivity contribution in [3.63, 3.8) is 0 Å². The Balaban J connectivity index is 1.73. The van der Waals surface area contributed by atoms with Gasteiger partial charge in [-0.05, 0) is 76.0 Å². The number of unbranched alkanes of at least 4 members (excludes halogenated alkanes) is 1. The van der Waals surface area contributed by atoms with Crippen LogP contribution in [0, 0.1) is 0 Å². The summed E-state index contributed by atoms with van der Waals surface area (Å²) in [4.78, 5) is 17.8.